The summed E-state index contributed by atoms with van der Waals surface area (Å²) >= 11 is 1.37. The summed E-state index contributed by atoms with van der Waals surface area (Å²) in [6, 6.07) is 9.89. The number of halogens is 1. The number of rotatable bonds is 4. The van der Waals surface area contributed by atoms with Crippen LogP contribution in [-0.4, -0.2) is 36.5 Å². The lowest BCUT2D eigenvalue weighted by Crippen LogP contribution is -2.57. The van der Waals surface area contributed by atoms with Gasteiger partial charge in [-0.25, -0.2) is 4.39 Å². The molecule has 126 valence electrons. The van der Waals surface area contributed by atoms with Gasteiger partial charge in [0, 0.05) is 17.5 Å². The fourth-order valence-electron chi connectivity index (χ4n) is 3.48. The Kier molecular flexibility index (Phi) is 4.33. The number of furan rings is 1. The summed E-state index contributed by atoms with van der Waals surface area (Å²) in [6.07, 6.45) is 2.32. The van der Waals surface area contributed by atoms with Crippen LogP contribution in [0.5, 0.6) is 0 Å². The van der Waals surface area contributed by atoms with E-state index in [1.165, 1.54) is 23.9 Å². The third-order valence-corrected chi connectivity index (χ3v) is 5.74. The van der Waals surface area contributed by atoms with Crippen molar-refractivity contribution < 1.29 is 13.6 Å². The summed E-state index contributed by atoms with van der Waals surface area (Å²) in [6.45, 7) is 3.24. The van der Waals surface area contributed by atoms with Gasteiger partial charge in [-0.3, -0.25) is 4.79 Å². The second-order valence-corrected chi connectivity index (χ2v) is 7.47. The molecule has 4 nitrogen and oxygen atoms in total. The maximum absolute atomic E-state index is 12.9. The zero-order chi connectivity index (χ0) is 16.5. The fourth-order valence-corrected chi connectivity index (χ4v) is 4.26. The molecule has 3 aliphatic rings. The zero-order valence-electron chi connectivity index (χ0n) is 13.2. The molecule has 1 amide bonds. The molecule has 5 rings (SSSR count). The molecule has 0 saturated carbocycles. The molecule has 0 radical (unpaired) electrons. The monoisotopic (exact) mass is 346 g/mol. The van der Waals surface area contributed by atoms with Gasteiger partial charge in [0.05, 0.1) is 0 Å². The first-order valence-electron chi connectivity index (χ1n) is 8.24. The van der Waals surface area contributed by atoms with Gasteiger partial charge in [0.1, 0.15) is 5.82 Å². The normalized spacial score (nSPS) is 25.6. The van der Waals surface area contributed by atoms with Gasteiger partial charge in [-0.2, -0.15) is 0 Å². The van der Waals surface area contributed by atoms with Crippen LogP contribution < -0.4 is 5.32 Å². The van der Waals surface area contributed by atoms with Crippen LogP contribution in [-0.2, 0) is 0 Å². The molecule has 2 bridgehead atoms. The van der Waals surface area contributed by atoms with E-state index in [1.54, 1.807) is 24.3 Å². The molecule has 0 spiro atoms. The lowest BCUT2D eigenvalue weighted by molar-refractivity contribution is 0.0603. The van der Waals surface area contributed by atoms with Crippen LogP contribution in [0.3, 0.4) is 0 Å². The van der Waals surface area contributed by atoms with Crippen LogP contribution in [0, 0.1) is 11.7 Å². The van der Waals surface area contributed by atoms with Crippen molar-refractivity contribution in [2.75, 3.05) is 19.6 Å². The quantitative estimate of drug-likeness (QED) is 0.922. The molecule has 6 heteroatoms. The molecule has 2 aromatic rings. The molecule has 3 fully saturated rings. The summed E-state index contributed by atoms with van der Waals surface area (Å²) in [5.41, 5.74) is 0. The molecule has 1 atom stereocenters. The molecule has 0 unspecified atom stereocenters. The zero-order valence-corrected chi connectivity index (χ0v) is 14.0. The van der Waals surface area contributed by atoms with E-state index >= 15 is 0 Å². The van der Waals surface area contributed by atoms with Crippen molar-refractivity contribution >= 4 is 17.7 Å². The highest BCUT2D eigenvalue weighted by atomic mass is 32.2. The van der Waals surface area contributed by atoms with Crippen molar-refractivity contribution in [2.45, 2.75) is 28.9 Å². The molecule has 3 saturated heterocycles. The number of hydrogen-bond donors (Lipinski definition) is 1. The maximum atomic E-state index is 12.9. The molecular weight excluding hydrogens is 327 g/mol. The maximum Gasteiger partial charge on any atom is 0.287 e. The molecule has 24 heavy (non-hydrogen) atoms. The molecule has 3 aliphatic heterocycles. The number of carbonyl (C=O) groups is 1. The van der Waals surface area contributed by atoms with E-state index in [-0.39, 0.29) is 17.8 Å². The van der Waals surface area contributed by atoms with Gasteiger partial charge >= 0.3 is 0 Å². The van der Waals surface area contributed by atoms with Crippen LogP contribution in [0.25, 0.3) is 0 Å². The Balaban J connectivity index is 1.39. The van der Waals surface area contributed by atoms with Gasteiger partial charge in [0.2, 0.25) is 0 Å². The van der Waals surface area contributed by atoms with Crippen LogP contribution in [0.4, 0.5) is 4.39 Å². The molecule has 1 aromatic carbocycles. The predicted molar refractivity (Wildman–Crippen MR) is 89.6 cm³/mol. The topological polar surface area (TPSA) is 45.5 Å². The number of fused-ring (bicyclic) bond motifs is 3. The van der Waals surface area contributed by atoms with Gasteiger partial charge in [0.15, 0.2) is 10.9 Å². The Morgan fingerprint density at radius 1 is 1.17 bits per heavy atom. The third-order valence-electron chi connectivity index (χ3n) is 4.81. The SMILES string of the molecule is O=C(N[C@H]1CN2CCC1CC2)c1ccc(Sc2ccc(F)cc2)o1. The number of benzene rings is 1. The Hall–Kier alpha value is -1.79. The number of hydrogen-bond acceptors (Lipinski definition) is 4. The van der Waals surface area contributed by atoms with E-state index in [0.29, 0.717) is 16.8 Å². The first kappa shape index (κ1) is 15.7. The number of amides is 1. The minimum absolute atomic E-state index is 0.153. The van der Waals surface area contributed by atoms with Gasteiger partial charge < -0.3 is 14.6 Å². The first-order chi connectivity index (χ1) is 11.7. The molecule has 0 aliphatic carbocycles. The lowest BCUT2D eigenvalue weighted by Gasteiger charge is -2.44. The van der Waals surface area contributed by atoms with Crippen molar-refractivity contribution in [2.24, 2.45) is 5.92 Å². The molecular formula is C18H19FN2O2S. The van der Waals surface area contributed by atoms with Crippen molar-refractivity contribution in [1.82, 2.24) is 10.2 Å². The standard InChI is InChI=1S/C18H19FN2O2S/c19-13-1-3-14(4-2-13)24-17-6-5-16(23-17)18(22)20-15-11-21-9-7-12(15)8-10-21/h1-6,12,15H,7-11H2,(H,20,22)/t15-/m0/s1. The van der Waals surface area contributed by atoms with Crippen LogP contribution in [0.15, 0.2) is 50.8 Å². The van der Waals surface area contributed by atoms with Gasteiger partial charge in [0.25, 0.3) is 5.91 Å². The minimum atomic E-state index is -0.267. The highest BCUT2D eigenvalue weighted by Gasteiger charge is 2.35. The average molecular weight is 346 g/mol. The summed E-state index contributed by atoms with van der Waals surface area (Å²) in [7, 11) is 0. The second-order valence-electron chi connectivity index (χ2n) is 6.39. The number of carbonyl (C=O) groups excluding carboxylic acids is 1. The van der Waals surface area contributed by atoms with E-state index in [4.69, 9.17) is 4.42 Å². The van der Waals surface area contributed by atoms with E-state index in [0.717, 1.165) is 37.4 Å². The van der Waals surface area contributed by atoms with Crippen LogP contribution >= 0.6 is 11.8 Å². The first-order valence-corrected chi connectivity index (χ1v) is 9.05. The largest absolute Gasteiger partial charge is 0.444 e. The lowest BCUT2D eigenvalue weighted by atomic mass is 9.84. The summed E-state index contributed by atoms with van der Waals surface area (Å²) in [4.78, 5) is 15.7. The Morgan fingerprint density at radius 3 is 2.58 bits per heavy atom. The number of nitrogens with one attached hydrogen (secondary N) is 1. The Labute approximate surface area is 144 Å². The molecule has 1 aromatic heterocycles. The number of nitrogens with zero attached hydrogens (tertiary/aromatic N) is 1. The van der Waals surface area contributed by atoms with Gasteiger partial charge in [-0.05, 0) is 68.2 Å². The highest BCUT2D eigenvalue weighted by molar-refractivity contribution is 7.99. The average Bonchev–Trinajstić information content (AvgIpc) is 3.07. The summed E-state index contributed by atoms with van der Waals surface area (Å²) < 4.78 is 18.6. The van der Waals surface area contributed by atoms with Crippen molar-refractivity contribution in [3.63, 3.8) is 0 Å². The van der Waals surface area contributed by atoms with Crippen molar-refractivity contribution in [3.8, 4) is 0 Å². The fraction of sp³-hybridized carbons (Fsp3) is 0.389. The van der Waals surface area contributed by atoms with E-state index in [2.05, 4.69) is 10.2 Å². The Bertz CT molecular complexity index is 723. The van der Waals surface area contributed by atoms with Gasteiger partial charge in [-0.1, -0.05) is 11.8 Å². The van der Waals surface area contributed by atoms with Crippen LogP contribution in [0.2, 0.25) is 0 Å². The second kappa shape index (κ2) is 6.61. The summed E-state index contributed by atoms with van der Waals surface area (Å²) in [5, 5.41) is 3.74. The van der Waals surface area contributed by atoms with E-state index < -0.39 is 0 Å². The predicted octanol–water partition coefficient (Wildman–Crippen LogP) is 3.39. The van der Waals surface area contributed by atoms with Crippen molar-refractivity contribution in [1.29, 1.82) is 0 Å². The molecule has 1 N–H and O–H groups in total. The van der Waals surface area contributed by atoms with Gasteiger partial charge in [-0.15, -0.1) is 0 Å². The minimum Gasteiger partial charge on any atom is -0.444 e. The van der Waals surface area contributed by atoms with E-state index in [9.17, 15) is 9.18 Å². The third kappa shape index (κ3) is 3.35. The van der Waals surface area contributed by atoms with E-state index in [1.807, 2.05) is 0 Å². The number of piperidine rings is 3. The van der Waals surface area contributed by atoms with Crippen molar-refractivity contribution in [3.05, 3.63) is 48.0 Å². The van der Waals surface area contributed by atoms with Crippen LogP contribution in [0.1, 0.15) is 23.4 Å². The highest BCUT2D eigenvalue weighted by Crippen LogP contribution is 2.30. The summed E-state index contributed by atoms with van der Waals surface area (Å²) in [5.74, 6) is 0.495. The Morgan fingerprint density at radius 2 is 1.92 bits per heavy atom. The molecule has 4 heterocycles. The smallest absolute Gasteiger partial charge is 0.287 e.